The molecule has 1 saturated heterocycles. The Balaban J connectivity index is 1.52. The summed E-state index contributed by atoms with van der Waals surface area (Å²) in [6.07, 6.45) is 4.54. The SMILES string of the molecule is CC(C)C(=O)N1CCN(C(=O)[C@H]2C[C@@H]2c2cccnc2)CC1. The van der Waals surface area contributed by atoms with Crippen molar-refractivity contribution in [2.24, 2.45) is 11.8 Å². The maximum absolute atomic E-state index is 12.6. The molecule has 5 nitrogen and oxygen atoms in total. The van der Waals surface area contributed by atoms with Crippen LogP contribution in [0.5, 0.6) is 0 Å². The summed E-state index contributed by atoms with van der Waals surface area (Å²) >= 11 is 0. The van der Waals surface area contributed by atoms with E-state index in [1.807, 2.05) is 42.0 Å². The summed E-state index contributed by atoms with van der Waals surface area (Å²) in [7, 11) is 0. The molecule has 1 aromatic rings. The van der Waals surface area contributed by atoms with Crippen LogP contribution in [0.3, 0.4) is 0 Å². The van der Waals surface area contributed by atoms with E-state index in [1.54, 1.807) is 6.20 Å². The first-order valence-corrected chi connectivity index (χ1v) is 8.05. The molecule has 0 unspecified atom stereocenters. The van der Waals surface area contributed by atoms with Gasteiger partial charge in [-0.1, -0.05) is 19.9 Å². The zero-order chi connectivity index (χ0) is 15.7. The zero-order valence-corrected chi connectivity index (χ0v) is 13.2. The lowest BCUT2D eigenvalue weighted by atomic mass is 10.1. The highest BCUT2D eigenvalue weighted by molar-refractivity contribution is 5.83. The smallest absolute Gasteiger partial charge is 0.226 e. The van der Waals surface area contributed by atoms with Gasteiger partial charge in [0.15, 0.2) is 0 Å². The number of carbonyl (C=O) groups excluding carboxylic acids is 2. The molecule has 22 heavy (non-hydrogen) atoms. The summed E-state index contributed by atoms with van der Waals surface area (Å²) in [6.45, 7) is 6.48. The minimum Gasteiger partial charge on any atom is -0.339 e. The normalized spacial score (nSPS) is 24.5. The third kappa shape index (κ3) is 2.98. The maximum Gasteiger partial charge on any atom is 0.226 e. The fourth-order valence-corrected chi connectivity index (χ4v) is 3.18. The first kappa shape index (κ1) is 15.0. The highest BCUT2D eigenvalue weighted by Gasteiger charge is 2.46. The molecule has 3 rings (SSSR count). The van der Waals surface area contributed by atoms with E-state index in [9.17, 15) is 9.59 Å². The Morgan fingerprint density at radius 3 is 2.45 bits per heavy atom. The summed E-state index contributed by atoms with van der Waals surface area (Å²) in [6, 6.07) is 3.97. The van der Waals surface area contributed by atoms with E-state index in [0.29, 0.717) is 32.1 Å². The average molecular weight is 301 g/mol. The molecule has 1 aromatic heterocycles. The fourth-order valence-electron chi connectivity index (χ4n) is 3.18. The highest BCUT2D eigenvalue weighted by atomic mass is 16.2. The molecule has 5 heteroatoms. The van der Waals surface area contributed by atoms with E-state index < -0.39 is 0 Å². The van der Waals surface area contributed by atoms with Crippen molar-refractivity contribution in [1.82, 2.24) is 14.8 Å². The van der Waals surface area contributed by atoms with Crippen molar-refractivity contribution >= 4 is 11.8 Å². The van der Waals surface area contributed by atoms with Crippen LogP contribution in [0.4, 0.5) is 0 Å². The van der Waals surface area contributed by atoms with Gasteiger partial charge in [0.2, 0.25) is 11.8 Å². The predicted molar refractivity (Wildman–Crippen MR) is 83.1 cm³/mol. The average Bonchev–Trinajstić information content (AvgIpc) is 3.35. The quantitative estimate of drug-likeness (QED) is 0.850. The monoisotopic (exact) mass is 301 g/mol. The van der Waals surface area contributed by atoms with Gasteiger partial charge in [0.05, 0.1) is 0 Å². The third-order valence-electron chi connectivity index (χ3n) is 4.62. The Labute approximate surface area is 131 Å². The molecular weight excluding hydrogens is 278 g/mol. The first-order chi connectivity index (χ1) is 10.6. The van der Waals surface area contributed by atoms with Gasteiger partial charge in [-0.3, -0.25) is 14.6 Å². The second kappa shape index (κ2) is 6.07. The number of hydrogen-bond acceptors (Lipinski definition) is 3. The van der Waals surface area contributed by atoms with Crippen molar-refractivity contribution < 1.29 is 9.59 Å². The second-order valence-corrected chi connectivity index (χ2v) is 6.54. The van der Waals surface area contributed by atoms with Crippen molar-refractivity contribution in [2.75, 3.05) is 26.2 Å². The van der Waals surface area contributed by atoms with Gasteiger partial charge < -0.3 is 9.80 Å². The van der Waals surface area contributed by atoms with Gasteiger partial charge in [0.25, 0.3) is 0 Å². The molecule has 0 N–H and O–H groups in total. The number of piperazine rings is 1. The van der Waals surface area contributed by atoms with Crippen LogP contribution in [0.2, 0.25) is 0 Å². The van der Waals surface area contributed by atoms with Crippen molar-refractivity contribution in [3.63, 3.8) is 0 Å². The standard InChI is InChI=1S/C17H23N3O2/c1-12(2)16(21)19-6-8-20(9-7-19)17(22)15-10-14(15)13-4-3-5-18-11-13/h3-5,11-12,14-15H,6-10H2,1-2H3/t14-,15+/m1/s1. The van der Waals surface area contributed by atoms with Crippen molar-refractivity contribution in [3.8, 4) is 0 Å². The van der Waals surface area contributed by atoms with Gasteiger partial charge in [-0.15, -0.1) is 0 Å². The lowest BCUT2D eigenvalue weighted by Crippen LogP contribution is -2.52. The molecule has 2 heterocycles. The topological polar surface area (TPSA) is 53.5 Å². The number of amides is 2. The number of carbonyl (C=O) groups is 2. The summed E-state index contributed by atoms with van der Waals surface area (Å²) in [4.78, 5) is 32.5. The summed E-state index contributed by atoms with van der Waals surface area (Å²) in [5.74, 6) is 0.894. The molecule has 2 amide bonds. The number of aromatic nitrogens is 1. The van der Waals surface area contributed by atoms with Crippen LogP contribution in [0.15, 0.2) is 24.5 Å². The van der Waals surface area contributed by atoms with Gasteiger partial charge in [0, 0.05) is 50.4 Å². The number of pyridine rings is 1. The summed E-state index contributed by atoms with van der Waals surface area (Å²) < 4.78 is 0. The van der Waals surface area contributed by atoms with Gasteiger partial charge in [-0.25, -0.2) is 0 Å². The predicted octanol–water partition coefficient (Wildman–Crippen LogP) is 1.51. The molecule has 2 atom stereocenters. The van der Waals surface area contributed by atoms with Crippen LogP contribution in [0.25, 0.3) is 0 Å². The molecular formula is C17H23N3O2. The Bertz CT molecular complexity index is 550. The highest BCUT2D eigenvalue weighted by Crippen LogP contribution is 2.48. The van der Waals surface area contributed by atoms with E-state index in [4.69, 9.17) is 0 Å². The third-order valence-corrected chi connectivity index (χ3v) is 4.62. The molecule has 2 aliphatic rings. The van der Waals surface area contributed by atoms with Crippen LogP contribution < -0.4 is 0 Å². The van der Waals surface area contributed by atoms with E-state index in [2.05, 4.69) is 4.98 Å². The van der Waals surface area contributed by atoms with Gasteiger partial charge >= 0.3 is 0 Å². The molecule has 0 radical (unpaired) electrons. The van der Waals surface area contributed by atoms with Crippen LogP contribution in [-0.4, -0.2) is 52.8 Å². The molecule has 1 aliphatic heterocycles. The fraction of sp³-hybridized carbons (Fsp3) is 0.588. The van der Waals surface area contributed by atoms with Crippen molar-refractivity contribution in [1.29, 1.82) is 0 Å². The van der Waals surface area contributed by atoms with Gasteiger partial charge in [0.1, 0.15) is 0 Å². The van der Waals surface area contributed by atoms with Crippen LogP contribution in [-0.2, 0) is 9.59 Å². The second-order valence-electron chi connectivity index (χ2n) is 6.54. The zero-order valence-electron chi connectivity index (χ0n) is 13.2. The number of rotatable bonds is 3. The number of nitrogens with zero attached hydrogens (tertiary/aromatic N) is 3. The largest absolute Gasteiger partial charge is 0.339 e. The van der Waals surface area contributed by atoms with Gasteiger partial charge in [-0.2, -0.15) is 0 Å². The first-order valence-electron chi connectivity index (χ1n) is 8.05. The minimum absolute atomic E-state index is 0.0284. The Kier molecular flexibility index (Phi) is 4.14. The van der Waals surface area contributed by atoms with Crippen molar-refractivity contribution in [2.45, 2.75) is 26.2 Å². The van der Waals surface area contributed by atoms with E-state index in [0.717, 1.165) is 12.0 Å². The van der Waals surface area contributed by atoms with Crippen LogP contribution in [0, 0.1) is 11.8 Å². The summed E-state index contributed by atoms with van der Waals surface area (Å²) in [5, 5.41) is 0. The minimum atomic E-state index is 0.0284. The Morgan fingerprint density at radius 2 is 1.86 bits per heavy atom. The number of hydrogen-bond donors (Lipinski definition) is 0. The maximum atomic E-state index is 12.6. The van der Waals surface area contributed by atoms with E-state index >= 15 is 0 Å². The molecule has 118 valence electrons. The van der Waals surface area contributed by atoms with E-state index in [-0.39, 0.29) is 23.7 Å². The van der Waals surface area contributed by atoms with Crippen molar-refractivity contribution in [3.05, 3.63) is 30.1 Å². The molecule has 1 saturated carbocycles. The van der Waals surface area contributed by atoms with E-state index in [1.165, 1.54) is 0 Å². The lowest BCUT2D eigenvalue weighted by Gasteiger charge is -2.35. The Morgan fingerprint density at radius 1 is 1.18 bits per heavy atom. The Hall–Kier alpha value is -1.91. The molecule has 0 aromatic carbocycles. The lowest BCUT2D eigenvalue weighted by molar-refractivity contribution is -0.142. The molecule has 0 bridgehead atoms. The van der Waals surface area contributed by atoms with Crippen LogP contribution >= 0.6 is 0 Å². The van der Waals surface area contributed by atoms with Crippen LogP contribution in [0.1, 0.15) is 31.7 Å². The van der Waals surface area contributed by atoms with Gasteiger partial charge in [-0.05, 0) is 24.0 Å². The summed E-state index contributed by atoms with van der Waals surface area (Å²) in [5.41, 5.74) is 1.16. The molecule has 0 spiro atoms. The molecule has 1 aliphatic carbocycles. The molecule has 2 fully saturated rings.